The van der Waals surface area contributed by atoms with Crippen molar-refractivity contribution in [3.8, 4) is 16.9 Å². The van der Waals surface area contributed by atoms with E-state index in [0.717, 1.165) is 23.1 Å². The molecule has 1 N–H and O–H groups in total. The third kappa shape index (κ3) is 5.32. The molecule has 0 radical (unpaired) electrons. The van der Waals surface area contributed by atoms with Gasteiger partial charge in [0.2, 0.25) is 11.8 Å². The largest absolute Gasteiger partial charge is 0.355 e. The fourth-order valence-corrected chi connectivity index (χ4v) is 6.12. The van der Waals surface area contributed by atoms with E-state index in [4.69, 9.17) is 28.3 Å². The zero-order valence-electron chi connectivity index (χ0n) is 20.7. The van der Waals surface area contributed by atoms with Crippen LogP contribution in [0, 0.1) is 0 Å². The number of halogens is 2. The van der Waals surface area contributed by atoms with Gasteiger partial charge in [-0.25, -0.2) is 4.68 Å². The minimum absolute atomic E-state index is 0.126. The van der Waals surface area contributed by atoms with Crippen molar-refractivity contribution in [2.24, 2.45) is 0 Å². The molecular formula is C29H26Cl2N4O2S. The van der Waals surface area contributed by atoms with Crippen molar-refractivity contribution in [1.82, 2.24) is 15.1 Å². The fourth-order valence-electron chi connectivity index (χ4n) is 4.52. The number of thioether (sulfide) groups is 1. The molecule has 1 aliphatic heterocycles. The van der Waals surface area contributed by atoms with Gasteiger partial charge in [-0.3, -0.25) is 14.5 Å². The summed E-state index contributed by atoms with van der Waals surface area (Å²) in [6, 6.07) is 24.8. The highest BCUT2D eigenvalue weighted by Crippen LogP contribution is 2.49. The monoisotopic (exact) mass is 564 g/mol. The Morgan fingerprint density at radius 2 is 1.82 bits per heavy atom. The smallest absolute Gasteiger partial charge is 0.240 e. The van der Waals surface area contributed by atoms with Crippen LogP contribution in [0.15, 0.2) is 78.9 Å². The Hall–Kier alpha value is -3.26. The molecule has 1 aromatic heterocycles. The van der Waals surface area contributed by atoms with Crippen molar-refractivity contribution in [3.05, 3.63) is 100 Å². The van der Waals surface area contributed by atoms with E-state index in [9.17, 15) is 9.59 Å². The van der Waals surface area contributed by atoms with Crippen LogP contribution in [-0.4, -0.2) is 40.4 Å². The summed E-state index contributed by atoms with van der Waals surface area (Å²) >= 11 is 14.6. The van der Waals surface area contributed by atoms with E-state index < -0.39 is 0 Å². The minimum atomic E-state index is -0.261. The van der Waals surface area contributed by atoms with Crippen molar-refractivity contribution in [2.75, 3.05) is 23.7 Å². The number of carbonyl (C=O) groups excluding carboxylic acids is 2. The molecule has 1 aliphatic rings. The quantitative estimate of drug-likeness (QED) is 0.276. The normalized spacial score (nSPS) is 15.2. The Morgan fingerprint density at radius 3 is 2.55 bits per heavy atom. The second-order valence-corrected chi connectivity index (χ2v) is 10.8. The number of nitrogens with one attached hydrogen (secondary N) is 1. The standard InChI is InChI=1S/C29H26Cl2N4O2S/c1-2-15-32-24(36)17-34-25(37)18-38-28(20-11-8-12-21(30)16-20)26-27(19-9-4-3-5-10-19)33-35(29(26)34)23-14-7-6-13-22(23)31/h3-14,16,28H,2,15,17-18H2,1H3,(H,32,36). The molecule has 2 amide bonds. The van der Waals surface area contributed by atoms with Gasteiger partial charge in [0.05, 0.1) is 27.4 Å². The third-order valence-electron chi connectivity index (χ3n) is 6.24. The molecule has 0 bridgehead atoms. The zero-order chi connectivity index (χ0) is 26.6. The van der Waals surface area contributed by atoms with E-state index in [1.165, 1.54) is 11.8 Å². The molecule has 1 unspecified atom stereocenters. The zero-order valence-corrected chi connectivity index (χ0v) is 23.1. The molecule has 0 saturated carbocycles. The average Bonchev–Trinajstić information content (AvgIpc) is 3.24. The van der Waals surface area contributed by atoms with Crippen LogP contribution in [-0.2, 0) is 9.59 Å². The number of anilines is 1. The van der Waals surface area contributed by atoms with Crippen LogP contribution in [0.2, 0.25) is 10.0 Å². The maximum Gasteiger partial charge on any atom is 0.240 e. The first-order chi connectivity index (χ1) is 18.5. The Balaban J connectivity index is 1.80. The number of para-hydroxylation sites is 1. The molecule has 6 nitrogen and oxygen atoms in total. The summed E-state index contributed by atoms with van der Waals surface area (Å²) in [6.07, 6.45) is 0.799. The van der Waals surface area contributed by atoms with Gasteiger partial charge in [-0.2, -0.15) is 5.10 Å². The highest BCUT2D eigenvalue weighted by Gasteiger charge is 2.38. The van der Waals surface area contributed by atoms with Gasteiger partial charge in [0.1, 0.15) is 12.4 Å². The third-order valence-corrected chi connectivity index (χ3v) is 8.05. The highest BCUT2D eigenvalue weighted by molar-refractivity contribution is 8.00. The number of aromatic nitrogens is 2. The molecular weight excluding hydrogens is 539 g/mol. The lowest BCUT2D eigenvalue weighted by Crippen LogP contribution is -2.42. The SMILES string of the molecule is CCCNC(=O)CN1C(=O)CSC(c2cccc(Cl)c2)c2c(-c3ccccc3)nn(-c3ccccc3Cl)c21. The molecule has 4 aromatic rings. The van der Waals surface area contributed by atoms with Crippen molar-refractivity contribution in [2.45, 2.75) is 18.6 Å². The summed E-state index contributed by atoms with van der Waals surface area (Å²) in [5.41, 5.74) is 4.01. The van der Waals surface area contributed by atoms with Crippen molar-refractivity contribution < 1.29 is 9.59 Å². The van der Waals surface area contributed by atoms with Gasteiger partial charge in [0.15, 0.2) is 0 Å². The lowest BCUT2D eigenvalue weighted by Gasteiger charge is -2.23. The molecule has 5 rings (SSSR count). The summed E-state index contributed by atoms with van der Waals surface area (Å²) in [4.78, 5) is 28.2. The molecule has 38 heavy (non-hydrogen) atoms. The molecule has 1 atom stereocenters. The number of hydrogen-bond donors (Lipinski definition) is 1. The van der Waals surface area contributed by atoms with Gasteiger partial charge in [-0.05, 0) is 36.2 Å². The number of rotatable bonds is 7. The Kier molecular flexibility index (Phi) is 8.07. The molecule has 0 saturated heterocycles. The maximum absolute atomic E-state index is 13.7. The lowest BCUT2D eigenvalue weighted by atomic mass is 9.99. The van der Waals surface area contributed by atoms with E-state index in [1.807, 2.05) is 79.7 Å². The molecule has 194 valence electrons. The molecule has 0 spiro atoms. The number of hydrogen-bond acceptors (Lipinski definition) is 4. The second kappa shape index (κ2) is 11.6. The van der Waals surface area contributed by atoms with Gasteiger partial charge >= 0.3 is 0 Å². The maximum atomic E-state index is 13.7. The number of amides is 2. The summed E-state index contributed by atoms with van der Waals surface area (Å²) in [7, 11) is 0. The number of fused-ring (bicyclic) bond motifs is 1. The summed E-state index contributed by atoms with van der Waals surface area (Å²) in [6.45, 7) is 2.39. The second-order valence-electron chi connectivity index (χ2n) is 8.89. The number of benzene rings is 3. The van der Waals surface area contributed by atoms with Crippen LogP contribution in [0.25, 0.3) is 16.9 Å². The van der Waals surface area contributed by atoms with E-state index in [0.29, 0.717) is 33.8 Å². The average molecular weight is 566 g/mol. The summed E-state index contributed by atoms with van der Waals surface area (Å²) < 4.78 is 1.70. The minimum Gasteiger partial charge on any atom is -0.355 e. The molecule has 0 fully saturated rings. The van der Waals surface area contributed by atoms with E-state index in [2.05, 4.69) is 5.32 Å². The Morgan fingerprint density at radius 1 is 1.05 bits per heavy atom. The van der Waals surface area contributed by atoms with Crippen LogP contribution in [0.4, 0.5) is 5.82 Å². The molecule has 3 aromatic carbocycles. The van der Waals surface area contributed by atoms with Gasteiger partial charge < -0.3 is 5.32 Å². The van der Waals surface area contributed by atoms with Crippen molar-refractivity contribution >= 4 is 52.6 Å². The van der Waals surface area contributed by atoms with Crippen LogP contribution in [0.3, 0.4) is 0 Å². The number of nitrogens with zero attached hydrogens (tertiary/aromatic N) is 3. The van der Waals surface area contributed by atoms with Crippen LogP contribution >= 0.6 is 35.0 Å². The molecule has 9 heteroatoms. The van der Waals surface area contributed by atoms with E-state index >= 15 is 0 Å². The predicted octanol–water partition coefficient (Wildman–Crippen LogP) is 6.54. The number of carbonyl (C=O) groups is 2. The Labute approximate surface area is 235 Å². The van der Waals surface area contributed by atoms with Gasteiger partial charge in [0.25, 0.3) is 0 Å². The molecule has 2 heterocycles. The van der Waals surface area contributed by atoms with E-state index in [1.54, 1.807) is 15.6 Å². The first kappa shape index (κ1) is 26.4. The van der Waals surface area contributed by atoms with Crippen molar-refractivity contribution in [3.63, 3.8) is 0 Å². The fraction of sp³-hybridized carbons (Fsp3) is 0.207. The van der Waals surface area contributed by atoms with Crippen molar-refractivity contribution in [1.29, 1.82) is 0 Å². The summed E-state index contributed by atoms with van der Waals surface area (Å²) in [5.74, 6) is 0.304. The van der Waals surface area contributed by atoms with Crippen LogP contribution < -0.4 is 10.2 Å². The highest BCUT2D eigenvalue weighted by atomic mass is 35.5. The topological polar surface area (TPSA) is 67.2 Å². The lowest BCUT2D eigenvalue weighted by molar-refractivity contribution is -0.122. The van der Waals surface area contributed by atoms with Gasteiger partial charge in [-0.1, -0.05) is 84.7 Å². The van der Waals surface area contributed by atoms with Crippen LogP contribution in [0.5, 0.6) is 0 Å². The van der Waals surface area contributed by atoms with Gasteiger partial charge in [-0.15, -0.1) is 11.8 Å². The predicted molar refractivity (Wildman–Crippen MR) is 155 cm³/mol. The molecule has 0 aliphatic carbocycles. The Bertz CT molecular complexity index is 1470. The summed E-state index contributed by atoms with van der Waals surface area (Å²) in [5, 5.41) is 8.77. The van der Waals surface area contributed by atoms with Crippen LogP contribution in [0.1, 0.15) is 29.7 Å². The first-order valence-corrected chi connectivity index (χ1v) is 14.2. The van der Waals surface area contributed by atoms with Gasteiger partial charge in [0, 0.05) is 22.7 Å². The van der Waals surface area contributed by atoms with E-state index in [-0.39, 0.29) is 29.4 Å². The first-order valence-electron chi connectivity index (χ1n) is 12.3.